The van der Waals surface area contributed by atoms with Gasteiger partial charge >= 0.3 is 0 Å². The molecule has 0 spiro atoms. The summed E-state index contributed by atoms with van der Waals surface area (Å²) >= 11 is 0. The van der Waals surface area contributed by atoms with Gasteiger partial charge in [-0.05, 0) is 26.0 Å². The fourth-order valence-corrected chi connectivity index (χ4v) is 1.37. The molecule has 0 radical (unpaired) electrons. The summed E-state index contributed by atoms with van der Waals surface area (Å²) in [5, 5.41) is 0. The minimum atomic E-state index is -0.0234. The zero-order chi connectivity index (χ0) is 12.1. The van der Waals surface area contributed by atoms with Crippen LogP contribution >= 0.6 is 0 Å². The number of hydrogen-bond acceptors (Lipinski definition) is 4. The first-order chi connectivity index (χ1) is 7.63. The van der Waals surface area contributed by atoms with Gasteiger partial charge in [-0.2, -0.15) is 0 Å². The van der Waals surface area contributed by atoms with Crippen LogP contribution in [0.1, 0.15) is 24.2 Å². The second kappa shape index (κ2) is 5.39. The highest BCUT2D eigenvalue weighted by atomic mass is 16.5. The van der Waals surface area contributed by atoms with Gasteiger partial charge < -0.3 is 14.2 Å². The van der Waals surface area contributed by atoms with Crippen molar-refractivity contribution in [3.8, 4) is 17.2 Å². The summed E-state index contributed by atoms with van der Waals surface area (Å²) in [5.74, 6) is 1.42. The molecule has 4 heteroatoms. The molecule has 0 saturated carbocycles. The van der Waals surface area contributed by atoms with E-state index >= 15 is 0 Å². The van der Waals surface area contributed by atoms with E-state index in [-0.39, 0.29) is 6.10 Å². The molecule has 0 aromatic heterocycles. The molecule has 0 atom stereocenters. The monoisotopic (exact) mass is 224 g/mol. The van der Waals surface area contributed by atoms with Gasteiger partial charge in [0.05, 0.1) is 25.9 Å². The van der Waals surface area contributed by atoms with Crippen molar-refractivity contribution in [2.24, 2.45) is 0 Å². The Balaban J connectivity index is 3.30. The lowest BCUT2D eigenvalue weighted by Crippen LogP contribution is -2.09. The highest BCUT2D eigenvalue weighted by molar-refractivity contribution is 5.82. The zero-order valence-corrected chi connectivity index (χ0v) is 9.94. The maximum atomic E-state index is 10.8. The normalized spacial score (nSPS) is 10.1. The Morgan fingerprint density at radius 2 is 1.81 bits per heavy atom. The van der Waals surface area contributed by atoms with Crippen LogP contribution in [0.4, 0.5) is 0 Å². The van der Waals surface area contributed by atoms with E-state index in [1.807, 2.05) is 13.8 Å². The van der Waals surface area contributed by atoms with Crippen molar-refractivity contribution < 1.29 is 19.0 Å². The zero-order valence-electron chi connectivity index (χ0n) is 9.94. The summed E-state index contributed by atoms with van der Waals surface area (Å²) in [7, 11) is 3.04. The van der Waals surface area contributed by atoms with Gasteiger partial charge in [-0.25, -0.2) is 0 Å². The fraction of sp³-hybridized carbons (Fsp3) is 0.417. The molecule has 0 heterocycles. The fourth-order valence-electron chi connectivity index (χ4n) is 1.37. The van der Waals surface area contributed by atoms with Gasteiger partial charge in [0.15, 0.2) is 17.8 Å². The number of methoxy groups -OCH3 is 2. The maximum absolute atomic E-state index is 10.8. The lowest BCUT2D eigenvalue weighted by molar-refractivity contribution is 0.111. The van der Waals surface area contributed by atoms with Crippen molar-refractivity contribution >= 4 is 6.29 Å². The Hall–Kier alpha value is -1.71. The molecule has 0 aliphatic rings. The number of ether oxygens (including phenoxy) is 3. The summed E-state index contributed by atoms with van der Waals surface area (Å²) < 4.78 is 15.9. The lowest BCUT2D eigenvalue weighted by Gasteiger charge is -2.17. The average Bonchev–Trinajstić information content (AvgIpc) is 2.27. The van der Waals surface area contributed by atoms with Crippen molar-refractivity contribution in [2.75, 3.05) is 14.2 Å². The number of hydrogen-bond donors (Lipinski definition) is 0. The number of carbonyl (C=O) groups excluding carboxylic acids is 1. The van der Waals surface area contributed by atoms with Crippen LogP contribution in [0.5, 0.6) is 17.2 Å². The molecule has 0 saturated heterocycles. The predicted molar refractivity (Wildman–Crippen MR) is 60.7 cm³/mol. The standard InChI is InChI=1S/C12H16O4/c1-8(2)16-12-10(14-3)6-5-9(7-13)11(12)15-4/h5-8H,1-4H3. The molecule has 0 aliphatic carbocycles. The Labute approximate surface area is 95.1 Å². The highest BCUT2D eigenvalue weighted by Gasteiger charge is 2.17. The third-order valence-corrected chi connectivity index (χ3v) is 2.01. The van der Waals surface area contributed by atoms with Crippen molar-refractivity contribution in [2.45, 2.75) is 20.0 Å². The Morgan fingerprint density at radius 1 is 1.12 bits per heavy atom. The van der Waals surface area contributed by atoms with Gasteiger partial charge in [0.25, 0.3) is 0 Å². The maximum Gasteiger partial charge on any atom is 0.204 e. The van der Waals surface area contributed by atoms with Crippen LogP contribution in [0.2, 0.25) is 0 Å². The SMILES string of the molecule is COc1ccc(C=O)c(OC)c1OC(C)C. The molecule has 0 fully saturated rings. The van der Waals surface area contributed by atoms with E-state index < -0.39 is 0 Å². The second-order valence-corrected chi connectivity index (χ2v) is 3.50. The van der Waals surface area contributed by atoms with E-state index in [9.17, 15) is 4.79 Å². The molecule has 1 aromatic carbocycles. The van der Waals surface area contributed by atoms with Gasteiger partial charge in [0.2, 0.25) is 5.75 Å². The molecule has 1 rings (SSSR count). The summed E-state index contributed by atoms with van der Waals surface area (Å²) in [6.07, 6.45) is 0.704. The molecular weight excluding hydrogens is 208 g/mol. The molecule has 0 aliphatic heterocycles. The Kier molecular flexibility index (Phi) is 4.17. The lowest BCUT2D eigenvalue weighted by atomic mass is 10.2. The van der Waals surface area contributed by atoms with Crippen LogP contribution in [0.15, 0.2) is 12.1 Å². The Morgan fingerprint density at radius 3 is 2.25 bits per heavy atom. The van der Waals surface area contributed by atoms with Gasteiger partial charge in [-0.3, -0.25) is 4.79 Å². The first kappa shape index (κ1) is 12.4. The summed E-state index contributed by atoms with van der Waals surface area (Å²) in [6.45, 7) is 3.79. The van der Waals surface area contributed by atoms with Crippen molar-refractivity contribution in [1.29, 1.82) is 0 Å². The van der Waals surface area contributed by atoms with E-state index in [0.29, 0.717) is 22.8 Å². The number of aldehydes is 1. The first-order valence-electron chi connectivity index (χ1n) is 5.00. The second-order valence-electron chi connectivity index (χ2n) is 3.50. The van der Waals surface area contributed by atoms with Crippen LogP contribution in [0, 0.1) is 0 Å². The quantitative estimate of drug-likeness (QED) is 0.720. The van der Waals surface area contributed by atoms with Crippen LogP contribution in [0.3, 0.4) is 0 Å². The molecule has 0 N–H and O–H groups in total. The van der Waals surface area contributed by atoms with Crippen molar-refractivity contribution in [1.82, 2.24) is 0 Å². The van der Waals surface area contributed by atoms with E-state index in [1.54, 1.807) is 19.2 Å². The first-order valence-corrected chi connectivity index (χ1v) is 5.00. The topological polar surface area (TPSA) is 44.8 Å². The van der Waals surface area contributed by atoms with Gasteiger partial charge in [-0.15, -0.1) is 0 Å². The summed E-state index contributed by atoms with van der Waals surface area (Å²) in [4.78, 5) is 10.8. The number of carbonyl (C=O) groups is 1. The van der Waals surface area contributed by atoms with Gasteiger partial charge in [-0.1, -0.05) is 0 Å². The molecule has 88 valence electrons. The van der Waals surface area contributed by atoms with Crippen molar-refractivity contribution in [3.05, 3.63) is 17.7 Å². The minimum absolute atomic E-state index is 0.0234. The molecule has 0 amide bonds. The highest BCUT2D eigenvalue weighted by Crippen LogP contribution is 2.39. The third-order valence-electron chi connectivity index (χ3n) is 2.01. The third kappa shape index (κ3) is 2.45. The van der Waals surface area contributed by atoms with E-state index in [2.05, 4.69) is 0 Å². The molecule has 1 aromatic rings. The van der Waals surface area contributed by atoms with Crippen LogP contribution in [-0.4, -0.2) is 26.6 Å². The van der Waals surface area contributed by atoms with Gasteiger partial charge in [0.1, 0.15) is 0 Å². The number of benzene rings is 1. The van der Waals surface area contributed by atoms with E-state index in [4.69, 9.17) is 14.2 Å². The summed E-state index contributed by atoms with van der Waals surface area (Å²) in [6, 6.07) is 3.32. The largest absolute Gasteiger partial charge is 0.493 e. The van der Waals surface area contributed by atoms with Crippen LogP contribution < -0.4 is 14.2 Å². The molecule has 0 unspecified atom stereocenters. The van der Waals surface area contributed by atoms with Crippen LogP contribution in [0.25, 0.3) is 0 Å². The Bertz CT molecular complexity index is 372. The molecule has 16 heavy (non-hydrogen) atoms. The minimum Gasteiger partial charge on any atom is -0.493 e. The van der Waals surface area contributed by atoms with Crippen LogP contribution in [-0.2, 0) is 0 Å². The van der Waals surface area contributed by atoms with Crippen molar-refractivity contribution in [3.63, 3.8) is 0 Å². The van der Waals surface area contributed by atoms with Gasteiger partial charge in [0, 0.05) is 0 Å². The smallest absolute Gasteiger partial charge is 0.204 e. The molecular formula is C12H16O4. The van der Waals surface area contributed by atoms with E-state index in [0.717, 1.165) is 6.29 Å². The molecule has 4 nitrogen and oxygen atoms in total. The average molecular weight is 224 g/mol. The molecule has 0 bridgehead atoms. The van der Waals surface area contributed by atoms with E-state index in [1.165, 1.54) is 7.11 Å². The number of rotatable bonds is 5. The summed E-state index contributed by atoms with van der Waals surface area (Å²) in [5.41, 5.74) is 0.443. The predicted octanol–water partition coefficient (Wildman–Crippen LogP) is 2.30.